The van der Waals surface area contributed by atoms with Crippen molar-refractivity contribution in [2.45, 2.75) is 26.2 Å². The third kappa shape index (κ3) is 5.73. The Labute approximate surface area is 166 Å². The minimum atomic E-state index is 0.553. The summed E-state index contributed by atoms with van der Waals surface area (Å²) in [5, 5.41) is 0.671. The molecule has 0 saturated heterocycles. The average molecular weight is 381 g/mol. The summed E-state index contributed by atoms with van der Waals surface area (Å²) >= 11 is 6.16. The van der Waals surface area contributed by atoms with Gasteiger partial charge in [-0.3, -0.25) is 0 Å². The molecule has 3 nitrogen and oxygen atoms in total. The van der Waals surface area contributed by atoms with Gasteiger partial charge in [-0.25, -0.2) is 4.98 Å². The average Bonchev–Trinajstić information content (AvgIpc) is 2.71. The number of anilines is 2. The highest BCUT2D eigenvalue weighted by Crippen LogP contribution is 2.25. The molecule has 2 aromatic carbocycles. The van der Waals surface area contributed by atoms with E-state index in [4.69, 9.17) is 16.3 Å². The Kier molecular flexibility index (Phi) is 7.11. The van der Waals surface area contributed by atoms with Crippen LogP contribution in [0.25, 0.3) is 0 Å². The molecule has 0 radical (unpaired) electrons. The molecule has 0 bridgehead atoms. The van der Waals surface area contributed by atoms with Crippen molar-refractivity contribution in [3.8, 4) is 5.75 Å². The maximum Gasteiger partial charge on any atom is 0.134 e. The number of aryl methyl sites for hydroxylation is 1. The molecule has 27 heavy (non-hydrogen) atoms. The Morgan fingerprint density at radius 2 is 1.78 bits per heavy atom. The summed E-state index contributed by atoms with van der Waals surface area (Å²) in [4.78, 5) is 6.58. The summed E-state index contributed by atoms with van der Waals surface area (Å²) in [6.07, 6.45) is 5.28. The lowest BCUT2D eigenvalue weighted by Crippen LogP contribution is -2.24. The SMILES string of the molecule is CCCCc1ccc(OCCN(c2ccccc2)c2cc(Cl)ccn2)cc1. The van der Waals surface area contributed by atoms with E-state index in [2.05, 4.69) is 53.2 Å². The summed E-state index contributed by atoms with van der Waals surface area (Å²) < 4.78 is 5.97. The predicted octanol–water partition coefficient (Wildman–Crippen LogP) is 6.29. The summed E-state index contributed by atoms with van der Waals surface area (Å²) in [7, 11) is 0. The van der Waals surface area contributed by atoms with Crippen molar-refractivity contribution in [3.05, 3.63) is 83.5 Å². The molecule has 0 unspecified atom stereocenters. The van der Waals surface area contributed by atoms with E-state index in [1.54, 1.807) is 12.3 Å². The van der Waals surface area contributed by atoms with E-state index in [1.807, 2.05) is 24.3 Å². The van der Waals surface area contributed by atoms with E-state index in [0.29, 0.717) is 18.2 Å². The van der Waals surface area contributed by atoms with E-state index in [1.165, 1.54) is 18.4 Å². The van der Waals surface area contributed by atoms with Crippen LogP contribution in [0.5, 0.6) is 5.75 Å². The topological polar surface area (TPSA) is 25.4 Å². The first kappa shape index (κ1) is 19.2. The molecule has 0 spiro atoms. The number of pyridine rings is 1. The summed E-state index contributed by atoms with van der Waals surface area (Å²) in [6, 6.07) is 22.2. The molecule has 1 aromatic heterocycles. The van der Waals surface area contributed by atoms with Crippen LogP contribution in [0.15, 0.2) is 72.9 Å². The van der Waals surface area contributed by atoms with Gasteiger partial charge in [-0.2, -0.15) is 0 Å². The minimum Gasteiger partial charge on any atom is -0.492 e. The second-order valence-corrected chi connectivity index (χ2v) is 6.85. The third-order valence-corrected chi connectivity index (χ3v) is 4.61. The molecule has 3 aromatic rings. The fourth-order valence-electron chi connectivity index (χ4n) is 2.91. The van der Waals surface area contributed by atoms with Crippen LogP contribution in [-0.2, 0) is 6.42 Å². The lowest BCUT2D eigenvalue weighted by molar-refractivity contribution is 0.327. The summed E-state index contributed by atoms with van der Waals surface area (Å²) in [6.45, 7) is 3.44. The summed E-state index contributed by atoms with van der Waals surface area (Å²) in [5.41, 5.74) is 2.42. The van der Waals surface area contributed by atoms with Gasteiger partial charge < -0.3 is 9.64 Å². The summed E-state index contributed by atoms with van der Waals surface area (Å²) in [5.74, 6) is 1.70. The van der Waals surface area contributed by atoms with Gasteiger partial charge in [0, 0.05) is 16.9 Å². The second kappa shape index (κ2) is 9.98. The van der Waals surface area contributed by atoms with Crippen molar-refractivity contribution in [2.24, 2.45) is 0 Å². The van der Waals surface area contributed by atoms with Crippen LogP contribution in [0.1, 0.15) is 25.3 Å². The van der Waals surface area contributed by atoms with E-state index in [0.717, 1.165) is 23.7 Å². The van der Waals surface area contributed by atoms with Gasteiger partial charge >= 0.3 is 0 Å². The number of nitrogens with zero attached hydrogens (tertiary/aromatic N) is 2. The van der Waals surface area contributed by atoms with Gasteiger partial charge in [0.05, 0.1) is 6.54 Å². The molecule has 4 heteroatoms. The first-order valence-electron chi connectivity index (χ1n) is 9.42. The zero-order chi connectivity index (χ0) is 18.9. The van der Waals surface area contributed by atoms with Crippen molar-refractivity contribution in [2.75, 3.05) is 18.1 Å². The van der Waals surface area contributed by atoms with Gasteiger partial charge in [-0.15, -0.1) is 0 Å². The smallest absolute Gasteiger partial charge is 0.134 e. The maximum atomic E-state index is 6.16. The van der Waals surface area contributed by atoms with Crippen molar-refractivity contribution in [1.82, 2.24) is 4.98 Å². The number of hydrogen-bond donors (Lipinski definition) is 0. The quantitative estimate of drug-likeness (QED) is 0.436. The molecule has 0 atom stereocenters. The molecule has 140 valence electrons. The van der Waals surface area contributed by atoms with Crippen LogP contribution in [0.2, 0.25) is 5.02 Å². The fourth-order valence-corrected chi connectivity index (χ4v) is 3.07. The number of rotatable bonds is 9. The van der Waals surface area contributed by atoms with Gasteiger partial charge in [-0.1, -0.05) is 55.3 Å². The molecule has 0 N–H and O–H groups in total. The standard InChI is InChI=1S/C23H25ClN2O/c1-2-3-7-19-10-12-22(13-11-19)27-17-16-26(21-8-5-4-6-9-21)23-18-20(24)14-15-25-23/h4-6,8-15,18H,2-3,7,16-17H2,1H3. The monoisotopic (exact) mass is 380 g/mol. The molecule has 0 amide bonds. The lowest BCUT2D eigenvalue weighted by Gasteiger charge is -2.24. The Hall–Kier alpha value is -2.52. The number of ether oxygens (including phenoxy) is 1. The number of aromatic nitrogens is 1. The number of hydrogen-bond acceptors (Lipinski definition) is 3. The second-order valence-electron chi connectivity index (χ2n) is 6.42. The fraction of sp³-hybridized carbons (Fsp3) is 0.261. The van der Waals surface area contributed by atoms with Crippen molar-refractivity contribution >= 4 is 23.1 Å². The normalized spacial score (nSPS) is 10.6. The van der Waals surface area contributed by atoms with Crippen LogP contribution in [0.4, 0.5) is 11.5 Å². The molecular weight excluding hydrogens is 356 g/mol. The zero-order valence-electron chi connectivity index (χ0n) is 15.6. The largest absolute Gasteiger partial charge is 0.492 e. The Balaban J connectivity index is 1.65. The van der Waals surface area contributed by atoms with Crippen LogP contribution >= 0.6 is 11.6 Å². The van der Waals surface area contributed by atoms with E-state index in [-0.39, 0.29) is 0 Å². The van der Waals surface area contributed by atoms with Gasteiger partial charge in [-0.05, 0) is 54.8 Å². The number of para-hydroxylation sites is 1. The molecule has 3 rings (SSSR count). The number of benzene rings is 2. The Bertz CT molecular complexity index is 821. The van der Waals surface area contributed by atoms with E-state index >= 15 is 0 Å². The van der Waals surface area contributed by atoms with Crippen molar-refractivity contribution in [1.29, 1.82) is 0 Å². The number of halogens is 1. The third-order valence-electron chi connectivity index (χ3n) is 4.38. The van der Waals surface area contributed by atoms with Crippen LogP contribution in [0.3, 0.4) is 0 Å². The zero-order valence-corrected chi connectivity index (χ0v) is 16.4. The molecule has 1 heterocycles. The predicted molar refractivity (Wildman–Crippen MR) is 113 cm³/mol. The van der Waals surface area contributed by atoms with Gasteiger partial charge in [0.25, 0.3) is 0 Å². The van der Waals surface area contributed by atoms with Crippen LogP contribution in [-0.4, -0.2) is 18.1 Å². The minimum absolute atomic E-state index is 0.553. The molecule has 0 saturated carbocycles. The van der Waals surface area contributed by atoms with Crippen molar-refractivity contribution in [3.63, 3.8) is 0 Å². The highest BCUT2D eigenvalue weighted by atomic mass is 35.5. The maximum absolute atomic E-state index is 6.16. The first-order chi connectivity index (χ1) is 13.3. The van der Waals surface area contributed by atoms with Gasteiger partial charge in [0.1, 0.15) is 18.2 Å². The van der Waals surface area contributed by atoms with Gasteiger partial charge in [0.2, 0.25) is 0 Å². The molecule has 0 fully saturated rings. The van der Waals surface area contributed by atoms with Crippen LogP contribution < -0.4 is 9.64 Å². The molecule has 0 aliphatic heterocycles. The highest BCUT2D eigenvalue weighted by molar-refractivity contribution is 6.30. The molecular formula is C23H25ClN2O. The Morgan fingerprint density at radius 3 is 2.48 bits per heavy atom. The van der Waals surface area contributed by atoms with E-state index in [9.17, 15) is 0 Å². The molecule has 0 aliphatic carbocycles. The molecule has 0 aliphatic rings. The lowest BCUT2D eigenvalue weighted by atomic mass is 10.1. The first-order valence-corrected chi connectivity index (χ1v) is 9.80. The van der Waals surface area contributed by atoms with Crippen molar-refractivity contribution < 1.29 is 4.74 Å². The van der Waals surface area contributed by atoms with Gasteiger partial charge in [0.15, 0.2) is 0 Å². The Morgan fingerprint density at radius 1 is 1.00 bits per heavy atom. The highest BCUT2D eigenvalue weighted by Gasteiger charge is 2.11. The number of unbranched alkanes of at least 4 members (excludes halogenated alkanes) is 1. The van der Waals surface area contributed by atoms with E-state index < -0.39 is 0 Å². The van der Waals surface area contributed by atoms with Crippen LogP contribution in [0, 0.1) is 0 Å².